The molecular formula is C22H30N2. The zero-order chi connectivity index (χ0) is 17.6. The average molecular weight is 322 g/mol. The largest absolute Gasteiger partial charge is 0.277 e. The Labute approximate surface area is 147 Å². The predicted molar refractivity (Wildman–Crippen MR) is 108 cm³/mol. The van der Waals surface area contributed by atoms with Crippen LogP contribution >= 0.6 is 0 Å². The maximum atomic E-state index is 3.54. The number of nitrogens with one attached hydrogen (secondary N) is 1. The fourth-order valence-electron chi connectivity index (χ4n) is 2.33. The molecule has 2 rings (SSSR count). The number of nitrogens with zero attached hydrogens (tertiary/aromatic N) is 1. The third kappa shape index (κ3) is 6.43. The van der Waals surface area contributed by atoms with Gasteiger partial charge in [-0.1, -0.05) is 75.4 Å². The van der Waals surface area contributed by atoms with Crippen molar-refractivity contribution in [2.75, 3.05) is 11.6 Å². The monoisotopic (exact) mass is 322 g/mol. The van der Waals surface area contributed by atoms with Gasteiger partial charge in [0.25, 0.3) is 0 Å². The highest BCUT2D eigenvalue weighted by Gasteiger charge is 2.08. The molecule has 0 aliphatic heterocycles. The maximum absolute atomic E-state index is 3.54. The molecule has 0 saturated heterocycles. The van der Waals surface area contributed by atoms with Crippen LogP contribution in [0.2, 0.25) is 0 Å². The molecule has 0 fully saturated rings. The minimum absolute atomic E-state index is 0.794. The van der Waals surface area contributed by atoms with Crippen LogP contribution in [0.25, 0.3) is 0 Å². The number of para-hydroxylation sites is 2. The lowest BCUT2D eigenvalue weighted by molar-refractivity contribution is 0.760. The number of benzene rings is 2. The molecule has 0 radical (unpaired) electrons. The lowest BCUT2D eigenvalue weighted by Crippen LogP contribution is -2.35. The van der Waals surface area contributed by atoms with Gasteiger partial charge in [0.2, 0.25) is 0 Å². The van der Waals surface area contributed by atoms with Crippen molar-refractivity contribution in [3.63, 3.8) is 0 Å². The molecule has 0 aliphatic carbocycles. The van der Waals surface area contributed by atoms with Crippen LogP contribution < -0.4 is 10.4 Å². The topological polar surface area (TPSA) is 15.3 Å². The summed E-state index contributed by atoms with van der Waals surface area (Å²) in [6, 6.07) is 20.7. The molecule has 2 heteroatoms. The quantitative estimate of drug-likeness (QED) is 0.477. The molecule has 0 amide bonds. The molecule has 2 aromatic carbocycles. The summed E-state index contributed by atoms with van der Waals surface area (Å²) >= 11 is 0. The summed E-state index contributed by atoms with van der Waals surface area (Å²) in [6.07, 6.45) is 7.53. The van der Waals surface area contributed by atoms with Crippen molar-refractivity contribution in [2.24, 2.45) is 0 Å². The zero-order valence-corrected chi connectivity index (χ0v) is 15.4. The van der Waals surface area contributed by atoms with E-state index in [2.05, 4.69) is 91.0 Å². The number of hydrogen-bond donors (Lipinski definition) is 1. The Hall–Kier alpha value is -2.32. The molecule has 0 aliphatic rings. The fraction of sp³-hybridized carbons (Fsp3) is 0.273. The lowest BCUT2D eigenvalue weighted by Gasteiger charge is -2.26. The second-order valence-corrected chi connectivity index (χ2v) is 5.03. The van der Waals surface area contributed by atoms with Crippen molar-refractivity contribution < 1.29 is 0 Å². The van der Waals surface area contributed by atoms with E-state index in [1.165, 1.54) is 5.57 Å². The number of hydrogen-bond acceptors (Lipinski definition) is 2. The first kappa shape index (κ1) is 19.7. The molecule has 0 saturated carbocycles. The van der Waals surface area contributed by atoms with Gasteiger partial charge in [-0.3, -0.25) is 5.01 Å². The first-order valence-corrected chi connectivity index (χ1v) is 8.80. The zero-order valence-electron chi connectivity index (χ0n) is 15.4. The fourth-order valence-corrected chi connectivity index (χ4v) is 2.33. The third-order valence-corrected chi connectivity index (χ3v) is 3.32. The van der Waals surface area contributed by atoms with E-state index in [9.17, 15) is 0 Å². The summed E-state index contributed by atoms with van der Waals surface area (Å²) in [5.74, 6) is 0. The average Bonchev–Trinajstić information content (AvgIpc) is 2.66. The van der Waals surface area contributed by atoms with Gasteiger partial charge in [0.1, 0.15) is 0 Å². The molecule has 0 aromatic heterocycles. The summed E-state index contributed by atoms with van der Waals surface area (Å²) in [6.45, 7) is 9.01. The molecule has 2 aromatic rings. The second kappa shape index (κ2) is 12.1. The highest BCUT2D eigenvalue weighted by Crippen LogP contribution is 2.22. The number of hydrazine groups is 1. The third-order valence-electron chi connectivity index (χ3n) is 3.32. The SMILES string of the molecule is C/C=C\C(=C/CC)CNN(c1ccccc1)c1ccccc1.CC. The van der Waals surface area contributed by atoms with Gasteiger partial charge in [-0.05, 0) is 43.2 Å². The Balaban J connectivity index is 0.00000139. The molecule has 0 heterocycles. The van der Waals surface area contributed by atoms with Gasteiger partial charge < -0.3 is 0 Å². The van der Waals surface area contributed by atoms with E-state index in [1.54, 1.807) is 0 Å². The Kier molecular flexibility index (Phi) is 9.98. The summed E-state index contributed by atoms with van der Waals surface area (Å²) in [5.41, 5.74) is 7.09. The lowest BCUT2D eigenvalue weighted by atomic mass is 10.2. The smallest absolute Gasteiger partial charge is 0.0577 e. The summed E-state index contributed by atoms with van der Waals surface area (Å²) in [7, 11) is 0. The van der Waals surface area contributed by atoms with Gasteiger partial charge in [0.15, 0.2) is 0 Å². The Morgan fingerprint density at radius 1 is 0.917 bits per heavy atom. The van der Waals surface area contributed by atoms with Crippen LogP contribution in [0.5, 0.6) is 0 Å². The van der Waals surface area contributed by atoms with Crippen LogP contribution in [0.15, 0.2) is 84.5 Å². The molecule has 0 atom stereocenters. The summed E-state index contributed by atoms with van der Waals surface area (Å²) in [4.78, 5) is 0. The van der Waals surface area contributed by atoms with Gasteiger partial charge in [-0.25, -0.2) is 5.43 Å². The number of rotatable bonds is 7. The standard InChI is InChI=1S/C20H24N2.C2H6/c1-3-11-18(12-4-2)17-21-22(19-13-7-5-8-14-19)20-15-9-6-10-16-20;1-2/h3,5-16,21H,4,17H2,1-2H3;1-2H3/b11-3-,18-12+;. The number of anilines is 2. The van der Waals surface area contributed by atoms with E-state index in [0.29, 0.717) is 0 Å². The molecule has 128 valence electrons. The molecule has 24 heavy (non-hydrogen) atoms. The van der Waals surface area contributed by atoms with Gasteiger partial charge >= 0.3 is 0 Å². The molecule has 2 nitrogen and oxygen atoms in total. The van der Waals surface area contributed by atoms with E-state index >= 15 is 0 Å². The van der Waals surface area contributed by atoms with Crippen molar-refractivity contribution in [2.45, 2.75) is 34.1 Å². The van der Waals surface area contributed by atoms with Crippen molar-refractivity contribution in [1.82, 2.24) is 5.43 Å². The maximum Gasteiger partial charge on any atom is 0.0577 e. The van der Waals surface area contributed by atoms with Gasteiger partial charge in [-0.15, -0.1) is 0 Å². The van der Waals surface area contributed by atoms with Crippen molar-refractivity contribution >= 4 is 11.4 Å². The van der Waals surface area contributed by atoms with E-state index in [4.69, 9.17) is 0 Å². The van der Waals surface area contributed by atoms with E-state index in [-0.39, 0.29) is 0 Å². The van der Waals surface area contributed by atoms with Crippen molar-refractivity contribution in [3.05, 3.63) is 84.5 Å². The van der Waals surface area contributed by atoms with Gasteiger partial charge in [-0.2, -0.15) is 0 Å². The van der Waals surface area contributed by atoms with Crippen LogP contribution in [-0.4, -0.2) is 6.54 Å². The van der Waals surface area contributed by atoms with E-state index in [0.717, 1.165) is 24.3 Å². The highest BCUT2D eigenvalue weighted by atomic mass is 15.5. The normalized spacial score (nSPS) is 11.1. The molecule has 0 spiro atoms. The molecule has 0 bridgehead atoms. The minimum Gasteiger partial charge on any atom is -0.277 e. The van der Waals surface area contributed by atoms with Crippen molar-refractivity contribution in [1.29, 1.82) is 0 Å². The molecular weight excluding hydrogens is 292 g/mol. The molecule has 1 N–H and O–H groups in total. The second-order valence-electron chi connectivity index (χ2n) is 5.03. The van der Waals surface area contributed by atoms with Crippen LogP contribution in [-0.2, 0) is 0 Å². The first-order valence-electron chi connectivity index (χ1n) is 8.80. The molecule has 0 unspecified atom stereocenters. The highest BCUT2D eigenvalue weighted by molar-refractivity contribution is 5.61. The minimum atomic E-state index is 0.794. The predicted octanol–water partition coefficient (Wildman–Crippen LogP) is 6.27. The van der Waals surface area contributed by atoms with E-state index < -0.39 is 0 Å². The summed E-state index contributed by atoms with van der Waals surface area (Å²) < 4.78 is 0. The van der Waals surface area contributed by atoms with Crippen LogP contribution in [0.1, 0.15) is 34.1 Å². The van der Waals surface area contributed by atoms with Gasteiger partial charge in [0.05, 0.1) is 11.4 Å². The summed E-state index contributed by atoms with van der Waals surface area (Å²) in [5, 5.41) is 2.13. The van der Waals surface area contributed by atoms with Crippen LogP contribution in [0, 0.1) is 0 Å². The van der Waals surface area contributed by atoms with Crippen LogP contribution in [0.4, 0.5) is 11.4 Å². The van der Waals surface area contributed by atoms with Gasteiger partial charge in [0, 0.05) is 6.54 Å². The number of allylic oxidation sites excluding steroid dienone is 2. The Bertz CT molecular complexity index is 561. The Morgan fingerprint density at radius 3 is 1.83 bits per heavy atom. The Morgan fingerprint density at radius 2 is 1.42 bits per heavy atom. The first-order chi connectivity index (χ1) is 11.8. The van der Waals surface area contributed by atoms with Crippen LogP contribution in [0.3, 0.4) is 0 Å². The van der Waals surface area contributed by atoms with E-state index in [1.807, 2.05) is 26.0 Å². The van der Waals surface area contributed by atoms with Crippen molar-refractivity contribution in [3.8, 4) is 0 Å².